The van der Waals surface area contributed by atoms with Crippen LogP contribution in [0.3, 0.4) is 0 Å². The first-order chi connectivity index (χ1) is 17.1. The number of fused-ring (bicyclic) bond motifs is 2. The molecule has 5 heteroatoms. The van der Waals surface area contributed by atoms with Gasteiger partial charge in [-0.05, 0) is 86.7 Å². The largest absolute Gasteiger partial charge is 0.372 e. The molecule has 3 heterocycles. The quantitative estimate of drug-likeness (QED) is 0.331. The van der Waals surface area contributed by atoms with E-state index in [1.807, 2.05) is 36.5 Å². The monoisotopic (exact) mass is 470 g/mol. The van der Waals surface area contributed by atoms with Crippen molar-refractivity contribution in [2.75, 3.05) is 36.9 Å². The van der Waals surface area contributed by atoms with E-state index in [-0.39, 0.29) is 5.78 Å². The van der Waals surface area contributed by atoms with E-state index in [1.54, 1.807) is 4.68 Å². The highest BCUT2D eigenvalue weighted by molar-refractivity contribution is 6.11. The third kappa shape index (κ3) is 4.74. The number of hydrogen-bond acceptors (Lipinski definition) is 4. The third-order valence-corrected chi connectivity index (χ3v) is 7.70. The molecule has 1 aromatic heterocycles. The molecule has 1 unspecified atom stereocenters. The van der Waals surface area contributed by atoms with Crippen LogP contribution in [0, 0.1) is 0 Å². The number of ketones is 1. The van der Waals surface area contributed by atoms with Gasteiger partial charge in [-0.3, -0.25) is 14.4 Å². The Kier molecular flexibility index (Phi) is 6.96. The number of benzene rings is 2. The molecule has 184 valence electrons. The Hall–Kier alpha value is -3.05. The van der Waals surface area contributed by atoms with Gasteiger partial charge in [-0.25, -0.2) is 0 Å². The molecule has 2 aliphatic rings. The van der Waals surface area contributed by atoms with Crippen molar-refractivity contribution in [2.45, 2.75) is 58.4 Å². The molecule has 35 heavy (non-hydrogen) atoms. The smallest absolute Gasteiger partial charge is 0.193 e. The molecule has 2 aromatic carbocycles. The number of nitrogens with zero attached hydrogens (tertiary/aromatic N) is 3. The average Bonchev–Trinajstić information content (AvgIpc) is 3.23. The summed E-state index contributed by atoms with van der Waals surface area (Å²) < 4.78 is 1.71. The Morgan fingerprint density at radius 2 is 1.77 bits per heavy atom. The lowest BCUT2D eigenvalue weighted by atomic mass is 9.88. The van der Waals surface area contributed by atoms with E-state index in [9.17, 15) is 4.79 Å². The Balaban J connectivity index is 1.42. The van der Waals surface area contributed by atoms with Crippen molar-refractivity contribution >= 4 is 27.9 Å². The zero-order chi connectivity index (χ0) is 24.4. The van der Waals surface area contributed by atoms with Crippen LogP contribution in [0.2, 0.25) is 0 Å². The second-order valence-electron chi connectivity index (χ2n) is 10.1. The first-order valence-corrected chi connectivity index (χ1v) is 13.3. The predicted octanol–water partition coefficient (Wildman–Crippen LogP) is 5.85. The van der Waals surface area contributed by atoms with Crippen molar-refractivity contribution in [3.05, 3.63) is 71.4 Å². The molecule has 3 aromatic rings. The highest BCUT2D eigenvalue weighted by atomic mass is 16.1. The number of carbonyl (C=O) groups is 1. The van der Waals surface area contributed by atoms with Crippen LogP contribution in [-0.2, 0) is 0 Å². The van der Waals surface area contributed by atoms with Crippen LogP contribution in [-0.4, -0.2) is 47.6 Å². The molecule has 5 nitrogen and oxygen atoms in total. The zero-order valence-electron chi connectivity index (χ0n) is 21.2. The zero-order valence-corrected chi connectivity index (χ0v) is 21.2. The van der Waals surface area contributed by atoms with Crippen LogP contribution in [0.4, 0.5) is 5.69 Å². The first-order valence-electron chi connectivity index (χ1n) is 13.3. The Labute approximate surface area is 209 Å². The number of aromatic nitrogens is 1. The van der Waals surface area contributed by atoms with Crippen LogP contribution >= 0.6 is 0 Å². The summed E-state index contributed by atoms with van der Waals surface area (Å²) in [5, 5.41) is 1.07. The van der Waals surface area contributed by atoms with Crippen molar-refractivity contribution in [3.8, 4) is 0 Å². The van der Waals surface area contributed by atoms with Gasteiger partial charge in [-0.15, -0.1) is 0 Å². The van der Waals surface area contributed by atoms with E-state index in [1.165, 1.54) is 42.6 Å². The van der Waals surface area contributed by atoms with E-state index in [2.05, 4.69) is 41.9 Å². The maximum absolute atomic E-state index is 13.4. The van der Waals surface area contributed by atoms with Gasteiger partial charge in [0.25, 0.3) is 0 Å². The second kappa shape index (κ2) is 10.3. The molecule has 0 aliphatic carbocycles. The van der Waals surface area contributed by atoms with E-state index in [0.717, 1.165) is 55.4 Å². The number of rotatable bonds is 8. The van der Waals surface area contributed by atoms with Crippen LogP contribution in [0.5, 0.6) is 0 Å². The lowest BCUT2D eigenvalue weighted by Gasteiger charge is -2.38. The summed E-state index contributed by atoms with van der Waals surface area (Å²) in [6.07, 6.45) is 11.6. The Morgan fingerprint density at radius 3 is 2.51 bits per heavy atom. The van der Waals surface area contributed by atoms with Gasteiger partial charge < -0.3 is 10.7 Å². The topological polar surface area (TPSA) is 54.5 Å². The van der Waals surface area contributed by atoms with Gasteiger partial charge in [-0.2, -0.15) is 0 Å². The summed E-state index contributed by atoms with van der Waals surface area (Å²) in [7, 11) is 0. The predicted molar refractivity (Wildman–Crippen MR) is 147 cm³/mol. The summed E-state index contributed by atoms with van der Waals surface area (Å²) in [6, 6.07) is 14.7. The third-order valence-electron chi connectivity index (χ3n) is 7.70. The number of anilines is 1. The summed E-state index contributed by atoms with van der Waals surface area (Å²) in [6.45, 7) is 8.69. The maximum atomic E-state index is 13.4. The number of nitrogens with two attached hydrogens (primary N) is 1. The van der Waals surface area contributed by atoms with E-state index < -0.39 is 0 Å². The van der Waals surface area contributed by atoms with Crippen molar-refractivity contribution in [1.82, 2.24) is 9.58 Å². The summed E-state index contributed by atoms with van der Waals surface area (Å²) in [4.78, 5) is 18.4. The molecule has 0 saturated carbocycles. The summed E-state index contributed by atoms with van der Waals surface area (Å²) >= 11 is 0. The molecule has 1 saturated heterocycles. The average molecular weight is 471 g/mol. The first kappa shape index (κ1) is 23.7. The van der Waals surface area contributed by atoms with Crippen LogP contribution in [0.15, 0.2) is 54.7 Å². The van der Waals surface area contributed by atoms with Crippen molar-refractivity contribution in [2.24, 2.45) is 0 Å². The lowest BCUT2D eigenvalue weighted by molar-refractivity contribution is 0.103. The lowest BCUT2D eigenvalue weighted by Crippen LogP contribution is -2.41. The minimum Gasteiger partial charge on any atom is -0.372 e. The SMILES string of the molecule is CCCN(CCC)c1ccc(C(=O)c2ccc3c(c2)c(C2=CCN4CCCCC4C2)cn3N)cc1. The fourth-order valence-corrected chi connectivity index (χ4v) is 5.87. The van der Waals surface area contributed by atoms with Crippen LogP contribution in [0.1, 0.15) is 73.9 Å². The van der Waals surface area contributed by atoms with Gasteiger partial charge in [0.15, 0.2) is 5.78 Å². The fourth-order valence-electron chi connectivity index (χ4n) is 5.87. The minimum absolute atomic E-state index is 0.0581. The normalized spacial score (nSPS) is 18.3. The number of hydrogen-bond donors (Lipinski definition) is 1. The molecule has 5 rings (SSSR count). The van der Waals surface area contributed by atoms with Gasteiger partial charge in [0, 0.05) is 59.6 Å². The van der Waals surface area contributed by atoms with E-state index in [0.29, 0.717) is 11.6 Å². The molecule has 1 atom stereocenters. The van der Waals surface area contributed by atoms with Crippen molar-refractivity contribution in [1.29, 1.82) is 0 Å². The molecule has 2 aliphatic heterocycles. The van der Waals surface area contributed by atoms with Gasteiger partial charge >= 0.3 is 0 Å². The molecule has 0 spiro atoms. The van der Waals surface area contributed by atoms with E-state index in [4.69, 9.17) is 5.84 Å². The fraction of sp³-hybridized carbons (Fsp3) is 0.433. The molecule has 0 amide bonds. The van der Waals surface area contributed by atoms with E-state index >= 15 is 0 Å². The highest BCUT2D eigenvalue weighted by Crippen LogP contribution is 2.35. The summed E-state index contributed by atoms with van der Waals surface area (Å²) in [5.41, 5.74) is 6.13. The van der Waals surface area contributed by atoms with Gasteiger partial charge in [0.1, 0.15) is 0 Å². The second-order valence-corrected chi connectivity index (χ2v) is 10.1. The standard InChI is InChI=1S/C30H38N4O/c1-3-15-32(16-4-2)25-11-8-22(9-12-25)30(35)24-10-13-29-27(20-24)28(21-34(29)31)23-14-18-33-17-6-5-7-26(33)19-23/h8-14,20-21,26H,3-7,15-19,31H2,1-2H3. The number of nitrogen functional groups attached to an aromatic ring is 1. The van der Waals surface area contributed by atoms with Gasteiger partial charge in [0.05, 0.1) is 5.52 Å². The molecule has 0 bridgehead atoms. The molecular weight excluding hydrogens is 432 g/mol. The van der Waals surface area contributed by atoms with Crippen molar-refractivity contribution in [3.63, 3.8) is 0 Å². The minimum atomic E-state index is 0.0581. The van der Waals surface area contributed by atoms with Crippen LogP contribution in [0.25, 0.3) is 16.5 Å². The van der Waals surface area contributed by atoms with Gasteiger partial charge in [-0.1, -0.05) is 26.3 Å². The highest BCUT2D eigenvalue weighted by Gasteiger charge is 2.27. The van der Waals surface area contributed by atoms with Gasteiger partial charge in [0.2, 0.25) is 0 Å². The summed E-state index contributed by atoms with van der Waals surface area (Å²) in [5.74, 6) is 6.39. The Morgan fingerprint density at radius 1 is 1.03 bits per heavy atom. The number of carbonyl (C=O) groups excluding carboxylic acids is 1. The van der Waals surface area contributed by atoms with Crippen molar-refractivity contribution < 1.29 is 4.79 Å². The number of piperidine rings is 1. The molecule has 2 N–H and O–H groups in total. The molecule has 1 fully saturated rings. The maximum Gasteiger partial charge on any atom is 0.193 e. The molecular formula is C30H38N4O. The Bertz CT molecular complexity index is 1220. The molecule has 0 radical (unpaired) electrons. The van der Waals surface area contributed by atoms with Crippen LogP contribution < -0.4 is 10.7 Å².